The second-order valence-electron chi connectivity index (χ2n) is 4.52. The van der Waals surface area contributed by atoms with Crippen molar-refractivity contribution in [3.63, 3.8) is 0 Å². The van der Waals surface area contributed by atoms with E-state index in [0.717, 1.165) is 10.9 Å². The number of pyridine rings is 2. The van der Waals surface area contributed by atoms with E-state index in [2.05, 4.69) is 9.97 Å². The molecule has 0 saturated carbocycles. The number of anilines is 1. The predicted octanol–water partition coefficient (Wildman–Crippen LogP) is 1.36. The van der Waals surface area contributed by atoms with Gasteiger partial charge in [0, 0.05) is 0 Å². The molecule has 0 radical (unpaired) electrons. The van der Waals surface area contributed by atoms with Crippen molar-refractivity contribution in [3.05, 3.63) is 22.1 Å². The molecule has 0 aromatic carbocycles. The summed E-state index contributed by atoms with van der Waals surface area (Å²) in [6.07, 6.45) is 1.57. The van der Waals surface area contributed by atoms with Crippen LogP contribution in [-0.4, -0.2) is 16.8 Å². The van der Waals surface area contributed by atoms with Gasteiger partial charge in [0.05, 0.1) is 17.1 Å². The highest BCUT2D eigenvalue weighted by Crippen LogP contribution is 2.41. The van der Waals surface area contributed by atoms with E-state index in [1.54, 1.807) is 6.20 Å². The largest absolute Gasteiger partial charge is 0.451 e. The standard InChI is InChI=1S/C12H13N3O3/c1-5(2)7-8-6(15-11(16)9(7)13)3-14-12-10(8)17-4-18-12/h3,5H,4,13H2,1-2H3,(H,15,16). The van der Waals surface area contributed by atoms with Crippen LogP contribution in [-0.2, 0) is 0 Å². The van der Waals surface area contributed by atoms with Crippen molar-refractivity contribution in [1.29, 1.82) is 0 Å². The molecule has 0 fully saturated rings. The van der Waals surface area contributed by atoms with E-state index >= 15 is 0 Å². The molecule has 6 heteroatoms. The van der Waals surface area contributed by atoms with Crippen LogP contribution in [0.2, 0.25) is 0 Å². The average Bonchev–Trinajstić information content (AvgIpc) is 2.78. The Morgan fingerprint density at radius 2 is 2.22 bits per heavy atom. The highest BCUT2D eigenvalue weighted by molar-refractivity contribution is 5.93. The molecule has 3 rings (SSSR count). The number of nitrogen functional groups attached to an aromatic ring is 1. The first-order valence-corrected chi connectivity index (χ1v) is 5.69. The van der Waals surface area contributed by atoms with Gasteiger partial charge in [-0.25, -0.2) is 4.98 Å². The summed E-state index contributed by atoms with van der Waals surface area (Å²) in [5.41, 5.74) is 7.20. The normalized spacial score (nSPS) is 13.5. The number of aromatic amines is 1. The quantitative estimate of drug-likeness (QED) is 0.794. The number of aromatic nitrogens is 2. The highest BCUT2D eigenvalue weighted by Gasteiger charge is 2.24. The van der Waals surface area contributed by atoms with Crippen molar-refractivity contribution >= 4 is 16.6 Å². The van der Waals surface area contributed by atoms with Crippen LogP contribution < -0.4 is 20.8 Å². The molecular formula is C12H13N3O3. The van der Waals surface area contributed by atoms with Crippen molar-refractivity contribution in [1.82, 2.24) is 9.97 Å². The maximum atomic E-state index is 11.8. The lowest BCUT2D eigenvalue weighted by molar-refractivity contribution is 0.171. The molecular weight excluding hydrogens is 234 g/mol. The van der Waals surface area contributed by atoms with Gasteiger partial charge in [-0.2, -0.15) is 0 Å². The number of H-pyrrole nitrogens is 1. The van der Waals surface area contributed by atoms with Crippen molar-refractivity contribution in [2.75, 3.05) is 12.5 Å². The average molecular weight is 247 g/mol. The maximum Gasteiger partial charge on any atom is 0.271 e. The fourth-order valence-electron chi connectivity index (χ4n) is 2.27. The van der Waals surface area contributed by atoms with Crippen molar-refractivity contribution < 1.29 is 9.47 Å². The molecule has 3 N–H and O–H groups in total. The number of nitrogens with one attached hydrogen (secondary N) is 1. The molecule has 0 unspecified atom stereocenters. The molecule has 2 aromatic rings. The molecule has 0 spiro atoms. The molecule has 6 nitrogen and oxygen atoms in total. The van der Waals surface area contributed by atoms with Crippen LogP contribution in [0.25, 0.3) is 10.9 Å². The number of nitrogens with zero attached hydrogens (tertiary/aromatic N) is 1. The van der Waals surface area contributed by atoms with Gasteiger partial charge in [0.1, 0.15) is 5.69 Å². The number of ether oxygens (including phenoxy) is 2. The van der Waals surface area contributed by atoms with E-state index in [1.165, 1.54) is 0 Å². The van der Waals surface area contributed by atoms with E-state index in [-0.39, 0.29) is 24.0 Å². The first-order chi connectivity index (χ1) is 8.59. The summed E-state index contributed by atoms with van der Waals surface area (Å²) in [5, 5.41) is 0.782. The fourth-order valence-corrected chi connectivity index (χ4v) is 2.27. The predicted molar refractivity (Wildman–Crippen MR) is 67.0 cm³/mol. The van der Waals surface area contributed by atoms with Gasteiger partial charge >= 0.3 is 0 Å². The highest BCUT2D eigenvalue weighted by atomic mass is 16.7. The summed E-state index contributed by atoms with van der Waals surface area (Å²) in [5.74, 6) is 1.10. The summed E-state index contributed by atoms with van der Waals surface area (Å²) in [6, 6.07) is 0. The van der Waals surface area contributed by atoms with Crippen LogP contribution in [0.3, 0.4) is 0 Å². The van der Waals surface area contributed by atoms with Crippen molar-refractivity contribution in [2.24, 2.45) is 0 Å². The first-order valence-electron chi connectivity index (χ1n) is 5.69. The van der Waals surface area contributed by atoms with Crippen LogP contribution in [0, 0.1) is 0 Å². The maximum absolute atomic E-state index is 11.8. The molecule has 3 heterocycles. The Balaban J connectivity index is 2.51. The SMILES string of the molecule is CC(C)c1c(N)c(=O)[nH]c2cnc3c(c12)OCO3. The molecule has 1 aliphatic rings. The Morgan fingerprint density at radius 3 is 2.94 bits per heavy atom. The third kappa shape index (κ3) is 1.35. The van der Waals surface area contributed by atoms with Crippen molar-refractivity contribution in [2.45, 2.75) is 19.8 Å². The minimum atomic E-state index is -0.299. The van der Waals surface area contributed by atoms with Crippen LogP contribution in [0.4, 0.5) is 5.69 Å². The van der Waals surface area contributed by atoms with Gasteiger partial charge in [-0.05, 0) is 11.5 Å². The molecule has 0 atom stereocenters. The molecule has 0 amide bonds. The smallest absolute Gasteiger partial charge is 0.271 e. The van der Waals surface area contributed by atoms with Gasteiger partial charge in [0.15, 0.2) is 5.75 Å². The molecule has 94 valence electrons. The Labute approximate surface area is 103 Å². The lowest BCUT2D eigenvalue weighted by atomic mass is 9.97. The summed E-state index contributed by atoms with van der Waals surface area (Å²) in [7, 11) is 0. The van der Waals surface area contributed by atoms with Gasteiger partial charge in [0.2, 0.25) is 6.79 Å². The number of nitrogens with two attached hydrogens (primary N) is 1. The minimum Gasteiger partial charge on any atom is -0.451 e. The van der Waals surface area contributed by atoms with E-state index < -0.39 is 0 Å². The molecule has 18 heavy (non-hydrogen) atoms. The van der Waals surface area contributed by atoms with Crippen LogP contribution in [0.1, 0.15) is 25.3 Å². The van der Waals surface area contributed by atoms with Crippen LogP contribution in [0.5, 0.6) is 11.6 Å². The number of hydrogen-bond donors (Lipinski definition) is 2. The molecule has 0 aliphatic carbocycles. The summed E-state index contributed by atoms with van der Waals surface area (Å²) >= 11 is 0. The Morgan fingerprint density at radius 1 is 1.44 bits per heavy atom. The minimum absolute atomic E-state index is 0.102. The third-order valence-corrected chi connectivity index (χ3v) is 3.03. The monoisotopic (exact) mass is 247 g/mol. The number of hydrogen-bond acceptors (Lipinski definition) is 5. The second-order valence-corrected chi connectivity index (χ2v) is 4.52. The van der Waals surface area contributed by atoms with Gasteiger partial charge in [-0.3, -0.25) is 4.79 Å². The Bertz CT molecular complexity index is 691. The topological polar surface area (TPSA) is 90.2 Å². The third-order valence-electron chi connectivity index (χ3n) is 3.03. The zero-order valence-electron chi connectivity index (χ0n) is 10.1. The van der Waals surface area contributed by atoms with E-state index in [4.69, 9.17) is 15.2 Å². The van der Waals surface area contributed by atoms with Crippen LogP contribution >= 0.6 is 0 Å². The van der Waals surface area contributed by atoms with Gasteiger partial charge in [0.25, 0.3) is 11.4 Å². The van der Waals surface area contributed by atoms with E-state index in [0.29, 0.717) is 17.1 Å². The Hall–Kier alpha value is -2.24. The van der Waals surface area contributed by atoms with Crippen LogP contribution in [0.15, 0.2) is 11.0 Å². The van der Waals surface area contributed by atoms with E-state index in [9.17, 15) is 4.79 Å². The van der Waals surface area contributed by atoms with Gasteiger partial charge in [-0.1, -0.05) is 13.8 Å². The summed E-state index contributed by atoms with van der Waals surface area (Å²) in [4.78, 5) is 18.6. The summed E-state index contributed by atoms with van der Waals surface area (Å²) in [6.45, 7) is 4.10. The zero-order chi connectivity index (χ0) is 12.9. The second kappa shape index (κ2) is 3.63. The molecule has 2 aromatic heterocycles. The fraction of sp³-hybridized carbons (Fsp3) is 0.333. The molecule has 0 bridgehead atoms. The number of fused-ring (bicyclic) bond motifs is 3. The first kappa shape index (κ1) is 10.9. The van der Waals surface area contributed by atoms with Gasteiger partial charge < -0.3 is 20.2 Å². The molecule has 0 saturated heterocycles. The lowest BCUT2D eigenvalue weighted by Crippen LogP contribution is -2.16. The number of rotatable bonds is 1. The van der Waals surface area contributed by atoms with Crippen molar-refractivity contribution in [3.8, 4) is 11.6 Å². The summed E-state index contributed by atoms with van der Waals surface area (Å²) < 4.78 is 10.7. The molecule has 1 aliphatic heterocycles. The Kier molecular flexibility index (Phi) is 2.19. The van der Waals surface area contributed by atoms with Gasteiger partial charge in [-0.15, -0.1) is 0 Å². The zero-order valence-corrected chi connectivity index (χ0v) is 10.1. The lowest BCUT2D eigenvalue weighted by Gasteiger charge is -2.13. The van der Waals surface area contributed by atoms with E-state index in [1.807, 2.05) is 13.8 Å².